The normalized spacial score (nSPS) is 17.5. The van der Waals surface area contributed by atoms with Crippen LogP contribution in [0, 0.1) is 0 Å². The minimum Gasteiger partial charge on any atom is -0.497 e. The minimum absolute atomic E-state index is 0.201. The van der Waals surface area contributed by atoms with E-state index in [0.29, 0.717) is 18.9 Å². The lowest BCUT2D eigenvalue weighted by Crippen LogP contribution is -2.34. The summed E-state index contributed by atoms with van der Waals surface area (Å²) in [7, 11) is 1.69. The minimum atomic E-state index is 0.201. The number of benzene rings is 1. The van der Waals surface area contributed by atoms with Crippen LogP contribution in [0.1, 0.15) is 30.4 Å². The molecule has 0 aliphatic carbocycles. The highest BCUT2D eigenvalue weighted by Crippen LogP contribution is 2.29. The van der Waals surface area contributed by atoms with Gasteiger partial charge in [-0.25, -0.2) is 0 Å². The first-order valence-corrected chi connectivity index (χ1v) is 8.09. The summed E-state index contributed by atoms with van der Waals surface area (Å²) in [5.74, 6) is 1.40. The van der Waals surface area contributed by atoms with E-state index < -0.39 is 0 Å². The fourth-order valence-corrected chi connectivity index (χ4v) is 3.19. The number of aryl methyl sites for hydroxylation is 1. The number of hydrogen-bond acceptors (Lipinski definition) is 3. The van der Waals surface area contributed by atoms with Crippen molar-refractivity contribution < 1.29 is 9.53 Å². The molecule has 5 heteroatoms. The number of nitrogens with zero attached hydrogens (tertiary/aromatic N) is 3. The van der Waals surface area contributed by atoms with Crippen LogP contribution in [-0.2, 0) is 17.8 Å². The zero-order valence-electron chi connectivity index (χ0n) is 13.7. The zero-order valence-corrected chi connectivity index (χ0v) is 13.7. The van der Waals surface area contributed by atoms with Gasteiger partial charge in [0.1, 0.15) is 5.75 Å². The number of hydrogen-bond donors (Lipinski definition) is 0. The summed E-state index contributed by atoms with van der Waals surface area (Å²) in [5.41, 5.74) is 2.62. The molecule has 1 aliphatic rings. The molecule has 1 atom stereocenters. The molecular weight excluding hydrogens is 290 g/mol. The molecule has 1 aliphatic heterocycles. The predicted octanol–water partition coefficient (Wildman–Crippen LogP) is 2.47. The van der Waals surface area contributed by atoms with Gasteiger partial charge in [-0.05, 0) is 41.7 Å². The van der Waals surface area contributed by atoms with Gasteiger partial charge in [-0.15, -0.1) is 0 Å². The summed E-state index contributed by atoms with van der Waals surface area (Å²) in [4.78, 5) is 14.5. The zero-order chi connectivity index (χ0) is 16.2. The second kappa shape index (κ2) is 6.86. The van der Waals surface area contributed by atoms with Crippen molar-refractivity contribution in [2.75, 3.05) is 20.2 Å². The summed E-state index contributed by atoms with van der Waals surface area (Å²) < 4.78 is 7.14. The van der Waals surface area contributed by atoms with E-state index in [1.807, 2.05) is 23.2 Å². The fraction of sp³-hybridized carbons (Fsp3) is 0.444. The molecule has 1 aromatic carbocycles. The van der Waals surface area contributed by atoms with Crippen LogP contribution in [0.4, 0.5) is 0 Å². The number of aromatic nitrogens is 2. The van der Waals surface area contributed by atoms with Gasteiger partial charge in [0, 0.05) is 38.4 Å². The van der Waals surface area contributed by atoms with Gasteiger partial charge in [0.05, 0.1) is 7.11 Å². The van der Waals surface area contributed by atoms with Gasteiger partial charge in [0.25, 0.3) is 0 Å². The smallest absolute Gasteiger partial charge is 0.224 e. The molecule has 0 bridgehead atoms. The number of carbonyl (C=O) groups excluding carboxylic acids is 1. The molecule has 1 unspecified atom stereocenters. The van der Waals surface area contributed by atoms with Crippen molar-refractivity contribution >= 4 is 5.91 Å². The van der Waals surface area contributed by atoms with Crippen LogP contribution >= 0.6 is 0 Å². The fourth-order valence-electron chi connectivity index (χ4n) is 3.19. The number of fused-ring (bicyclic) bond motifs is 1. The van der Waals surface area contributed by atoms with Crippen molar-refractivity contribution in [3.63, 3.8) is 0 Å². The van der Waals surface area contributed by atoms with Crippen LogP contribution in [-0.4, -0.2) is 40.8 Å². The summed E-state index contributed by atoms with van der Waals surface area (Å²) in [6.45, 7) is 4.36. The maximum Gasteiger partial charge on any atom is 0.224 e. The van der Waals surface area contributed by atoms with E-state index in [0.717, 1.165) is 25.3 Å². The molecule has 5 nitrogen and oxygen atoms in total. The van der Waals surface area contributed by atoms with Crippen molar-refractivity contribution in [1.82, 2.24) is 14.7 Å². The Morgan fingerprint density at radius 1 is 1.43 bits per heavy atom. The monoisotopic (exact) mass is 313 g/mol. The molecule has 0 spiro atoms. The van der Waals surface area contributed by atoms with E-state index in [1.54, 1.807) is 18.0 Å². The Bertz CT molecular complexity index is 667. The highest BCUT2D eigenvalue weighted by atomic mass is 16.5. The summed E-state index contributed by atoms with van der Waals surface area (Å²) in [5, 5.41) is 4.15. The van der Waals surface area contributed by atoms with Gasteiger partial charge < -0.3 is 9.64 Å². The van der Waals surface area contributed by atoms with Crippen LogP contribution in [0.15, 0.2) is 36.7 Å². The molecule has 23 heavy (non-hydrogen) atoms. The molecule has 0 saturated heterocycles. The second-order valence-electron chi connectivity index (χ2n) is 6.07. The highest BCUT2D eigenvalue weighted by Gasteiger charge is 2.23. The van der Waals surface area contributed by atoms with Gasteiger partial charge in [-0.2, -0.15) is 5.10 Å². The molecule has 0 fully saturated rings. The molecular formula is C18H23N3O2. The van der Waals surface area contributed by atoms with Gasteiger partial charge >= 0.3 is 0 Å². The molecule has 2 aromatic rings. The lowest BCUT2D eigenvalue weighted by atomic mass is 9.95. The van der Waals surface area contributed by atoms with Crippen LogP contribution in [0.25, 0.3) is 0 Å². The molecule has 2 heterocycles. The van der Waals surface area contributed by atoms with Gasteiger partial charge in [0.2, 0.25) is 5.91 Å². The first kappa shape index (κ1) is 15.6. The van der Waals surface area contributed by atoms with Gasteiger partial charge in [-0.1, -0.05) is 13.0 Å². The van der Waals surface area contributed by atoms with Crippen LogP contribution in [0.3, 0.4) is 0 Å². The third-order valence-electron chi connectivity index (χ3n) is 4.50. The Balaban J connectivity index is 1.66. The maximum absolute atomic E-state index is 12.5. The Labute approximate surface area is 136 Å². The summed E-state index contributed by atoms with van der Waals surface area (Å²) >= 11 is 0. The quantitative estimate of drug-likeness (QED) is 0.871. The first-order valence-electron chi connectivity index (χ1n) is 8.09. The number of rotatable bonds is 4. The molecule has 122 valence electrons. The lowest BCUT2D eigenvalue weighted by molar-refractivity contribution is -0.131. The number of amides is 1. The molecule has 0 saturated carbocycles. The lowest BCUT2D eigenvalue weighted by Gasteiger charge is -2.23. The Morgan fingerprint density at radius 2 is 2.30 bits per heavy atom. The first-order chi connectivity index (χ1) is 11.2. The van der Waals surface area contributed by atoms with E-state index in [2.05, 4.69) is 24.2 Å². The van der Waals surface area contributed by atoms with Crippen molar-refractivity contribution in [2.45, 2.75) is 32.2 Å². The average molecular weight is 313 g/mol. The summed E-state index contributed by atoms with van der Waals surface area (Å²) in [6, 6.07) is 8.11. The van der Waals surface area contributed by atoms with E-state index in [1.165, 1.54) is 11.1 Å². The van der Waals surface area contributed by atoms with Crippen molar-refractivity contribution in [2.24, 2.45) is 0 Å². The molecule has 1 aromatic heterocycles. The largest absolute Gasteiger partial charge is 0.497 e. The topological polar surface area (TPSA) is 47.4 Å². The van der Waals surface area contributed by atoms with Crippen molar-refractivity contribution in [3.8, 4) is 5.75 Å². The number of ether oxygens (including phenoxy) is 1. The maximum atomic E-state index is 12.5. The molecule has 3 rings (SSSR count). The third-order valence-corrected chi connectivity index (χ3v) is 4.50. The van der Waals surface area contributed by atoms with E-state index >= 15 is 0 Å². The average Bonchev–Trinajstić information content (AvgIpc) is 3.03. The highest BCUT2D eigenvalue weighted by molar-refractivity contribution is 5.76. The predicted molar refractivity (Wildman–Crippen MR) is 88.5 cm³/mol. The van der Waals surface area contributed by atoms with Crippen LogP contribution in [0.5, 0.6) is 5.75 Å². The van der Waals surface area contributed by atoms with E-state index in [9.17, 15) is 4.79 Å². The SMILES string of the molecule is COc1ccc2c(c1)C(C)CN(C(=O)CCn1cccn1)CC2. The van der Waals surface area contributed by atoms with E-state index in [4.69, 9.17) is 4.74 Å². The molecule has 1 amide bonds. The standard InChI is InChI=1S/C18H23N3O2/c1-14-13-20(18(22)7-11-21-9-3-8-19-21)10-6-15-4-5-16(23-2)12-17(14)15/h3-5,8-9,12,14H,6-7,10-11,13H2,1-2H3. The van der Waals surface area contributed by atoms with Crippen LogP contribution < -0.4 is 4.74 Å². The number of methoxy groups -OCH3 is 1. The van der Waals surface area contributed by atoms with Gasteiger partial charge in [0.15, 0.2) is 0 Å². The Morgan fingerprint density at radius 3 is 3.04 bits per heavy atom. The molecule has 0 radical (unpaired) electrons. The van der Waals surface area contributed by atoms with E-state index in [-0.39, 0.29) is 5.91 Å². The molecule has 0 N–H and O–H groups in total. The summed E-state index contributed by atoms with van der Waals surface area (Å²) in [6.07, 6.45) is 5.02. The number of carbonyl (C=O) groups is 1. The second-order valence-corrected chi connectivity index (χ2v) is 6.07. The third kappa shape index (κ3) is 3.55. The Hall–Kier alpha value is -2.30. The van der Waals surface area contributed by atoms with Crippen LogP contribution in [0.2, 0.25) is 0 Å². The van der Waals surface area contributed by atoms with Crippen molar-refractivity contribution in [1.29, 1.82) is 0 Å². The van der Waals surface area contributed by atoms with Gasteiger partial charge in [-0.3, -0.25) is 9.48 Å². The Kier molecular flexibility index (Phi) is 4.65. The van der Waals surface area contributed by atoms with Crippen molar-refractivity contribution in [3.05, 3.63) is 47.8 Å².